The summed E-state index contributed by atoms with van der Waals surface area (Å²) in [5, 5.41) is 4.48. The molecule has 5 heteroatoms. The molecule has 1 atom stereocenters. The van der Waals surface area contributed by atoms with E-state index < -0.39 is 0 Å². The molecule has 1 amide bonds. The monoisotopic (exact) mass is 311 g/mol. The Morgan fingerprint density at radius 1 is 1.22 bits per heavy atom. The van der Waals surface area contributed by atoms with Crippen LogP contribution in [0.25, 0.3) is 5.69 Å². The zero-order valence-corrected chi connectivity index (χ0v) is 13.6. The van der Waals surface area contributed by atoms with Gasteiger partial charge in [-0.1, -0.05) is 0 Å². The van der Waals surface area contributed by atoms with Gasteiger partial charge in [0.15, 0.2) is 0 Å². The second-order valence-electron chi connectivity index (χ2n) is 6.62. The molecule has 120 valence electrons. The Bertz CT molecular complexity index is 742. The van der Waals surface area contributed by atoms with Gasteiger partial charge in [0.1, 0.15) is 0 Å². The number of rotatable bonds is 2. The highest BCUT2D eigenvalue weighted by molar-refractivity contribution is 5.95. The maximum Gasteiger partial charge on any atom is 0.254 e. The number of aromatic nitrogens is 2. The lowest BCUT2D eigenvalue weighted by atomic mass is 9.83. The number of benzene rings is 1. The summed E-state index contributed by atoms with van der Waals surface area (Å²) in [6.45, 7) is 6.29. The fourth-order valence-corrected chi connectivity index (χ4v) is 3.65. The molecule has 0 radical (unpaired) electrons. The standard InChI is InChI=1S/C18H21N3O2/c1-13-11-14(2)21(19-13)16-5-3-15(4-6-16)17(22)20-9-7-18(20)8-10-23-12-18/h3-6,11H,7-10,12H2,1-2H3. The first-order valence-electron chi connectivity index (χ1n) is 8.13. The average Bonchev–Trinajstić information content (AvgIpc) is 3.14. The minimum atomic E-state index is -0.0363. The van der Waals surface area contributed by atoms with E-state index in [0.717, 1.165) is 48.6 Å². The molecule has 5 nitrogen and oxygen atoms in total. The quantitative estimate of drug-likeness (QED) is 0.856. The molecule has 1 aromatic carbocycles. The van der Waals surface area contributed by atoms with Crippen LogP contribution >= 0.6 is 0 Å². The highest BCUT2D eigenvalue weighted by Crippen LogP contribution is 2.38. The summed E-state index contributed by atoms with van der Waals surface area (Å²) in [7, 11) is 0. The smallest absolute Gasteiger partial charge is 0.254 e. The molecule has 2 fully saturated rings. The summed E-state index contributed by atoms with van der Waals surface area (Å²) >= 11 is 0. The van der Waals surface area contributed by atoms with Gasteiger partial charge in [0.25, 0.3) is 5.91 Å². The summed E-state index contributed by atoms with van der Waals surface area (Å²) in [6.07, 6.45) is 2.02. The Hall–Kier alpha value is -2.14. The van der Waals surface area contributed by atoms with Crippen LogP contribution in [0.2, 0.25) is 0 Å². The molecule has 0 aliphatic carbocycles. The van der Waals surface area contributed by atoms with Crippen LogP contribution in [0.15, 0.2) is 30.3 Å². The summed E-state index contributed by atoms with van der Waals surface area (Å²) in [6, 6.07) is 9.77. The van der Waals surface area contributed by atoms with Crippen LogP contribution in [-0.4, -0.2) is 45.9 Å². The number of hydrogen-bond donors (Lipinski definition) is 0. The minimum Gasteiger partial charge on any atom is -0.379 e. The SMILES string of the molecule is Cc1cc(C)n(-c2ccc(C(=O)N3CCC34CCOC4)cc2)n1. The maximum absolute atomic E-state index is 12.8. The summed E-state index contributed by atoms with van der Waals surface area (Å²) in [5.41, 5.74) is 3.76. The predicted molar refractivity (Wildman–Crippen MR) is 86.9 cm³/mol. The molecule has 2 aliphatic heterocycles. The normalized spacial score (nSPS) is 23.3. The van der Waals surface area contributed by atoms with E-state index in [4.69, 9.17) is 4.74 Å². The van der Waals surface area contributed by atoms with E-state index in [0.29, 0.717) is 6.61 Å². The van der Waals surface area contributed by atoms with Crippen molar-refractivity contribution in [3.8, 4) is 5.69 Å². The van der Waals surface area contributed by atoms with E-state index in [1.54, 1.807) is 0 Å². The number of nitrogens with zero attached hydrogens (tertiary/aromatic N) is 3. The van der Waals surface area contributed by atoms with Crippen LogP contribution in [0, 0.1) is 13.8 Å². The van der Waals surface area contributed by atoms with Crippen molar-refractivity contribution in [1.82, 2.24) is 14.7 Å². The number of hydrogen-bond acceptors (Lipinski definition) is 3. The number of ether oxygens (including phenoxy) is 1. The lowest BCUT2D eigenvalue weighted by molar-refractivity contribution is -0.00794. The third-order valence-corrected chi connectivity index (χ3v) is 5.07. The molecule has 4 rings (SSSR count). The van der Waals surface area contributed by atoms with Crippen molar-refractivity contribution in [3.63, 3.8) is 0 Å². The van der Waals surface area contributed by atoms with Crippen LogP contribution < -0.4 is 0 Å². The van der Waals surface area contributed by atoms with E-state index in [1.165, 1.54) is 0 Å². The third-order valence-electron chi connectivity index (χ3n) is 5.07. The Morgan fingerprint density at radius 3 is 2.52 bits per heavy atom. The Morgan fingerprint density at radius 2 is 2.00 bits per heavy atom. The Labute approximate surface area is 135 Å². The van der Waals surface area contributed by atoms with Crippen molar-refractivity contribution in [2.24, 2.45) is 0 Å². The first-order chi connectivity index (χ1) is 11.1. The van der Waals surface area contributed by atoms with Gasteiger partial charge in [-0.2, -0.15) is 5.10 Å². The molecule has 2 saturated heterocycles. The molecule has 2 aromatic rings. The second kappa shape index (κ2) is 5.20. The molecule has 23 heavy (non-hydrogen) atoms. The van der Waals surface area contributed by atoms with E-state index in [-0.39, 0.29) is 11.4 Å². The minimum absolute atomic E-state index is 0.0363. The van der Waals surface area contributed by atoms with Gasteiger partial charge in [0.2, 0.25) is 0 Å². The van der Waals surface area contributed by atoms with Gasteiger partial charge >= 0.3 is 0 Å². The largest absolute Gasteiger partial charge is 0.379 e. The maximum atomic E-state index is 12.8. The zero-order chi connectivity index (χ0) is 16.0. The average molecular weight is 311 g/mol. The molecule has 0 saturated carbocycles. The molecule has 1 aromatic heterocycles. The van der Waals surface area contributed by atoms with Crippen molar-refractivity contribution >= 4 is 5.91 Å². The number of likely N-dealkylation sites (tertiary alicyclic amines) is 1. The van der Waals surface area contributed by atoms with Gasteiger partial charge in [-0.3, -0.25) is 4.79 Å². The molecule has 0 N–H and O–H groups in total. The van der Waals surface area contributed by atoms with Crippen LogP contribution in [0.5, 0.6) is 0 Å². The topological polar surface area (TPSA) is 47.4 Å². The van der Waals surface area contributed by atoms with Crippen molar-refractivity contribution in [2.75, 3.05) is 19.8 Å². The molecule has 1 unspecified atom stereocenters. The molecule has 1 spiro atoms. The highest BCUT2D eigenvalue weighted by atomic mass is 16.5. The van der Waals surface area contributed by atoms with E-state index >= 15 is 0 Å². The number of carbonyl (C=O) groups excluding carboxylic acids is 1. The van der Waals surface area contributed by atoms with Crippen LogP contribution in [0.4, 0.5) is 0 Å². The third kappa shape index (κ3) is 2.27. The molecular formula is C18H21N3O2. The first-order valence-corrected chi connectivity index (χ1v) is 8.13. The van der Waals surface area contributed by atoms with E-state index in [1.807, 2.05) is 53.8 Å². The van der Waals surface area contributed by atoms with Gasteiger partial charge in [0, 0.05) is 24.4 Å². The summed E-state index contributed by atoms with van der Waals surface area (Å²) < 4.78 is 7.41. The highest BCUT2D eigenvalue weighted by Gasteiger charge is 2.49. The van der Waals surface area contributed by atoms with Crippen molar-refractivity contribution < 1.29 is 9.53 Å². The lowest BCUT2D eigenvalue weighted by Crippen LogP contribution is -2.62. The van der Waals surface area contributed by atoms with Gasteiger partial charge in [-0.05, 0) is 57.0 Å². The summed E-state index contributed by atoms with van der Waals surface area (Å²) in [4.78, 5) is 14.7. The van der Waals surface area contributed by atoms with Crippen molar-refractivity contribution in [3.05, 3.63) is 47.3 Å². The lowest BCUT2D eigenvalue weighted by Gasteiger charge is -2.49. The number of amides is 1. The van der Waals surface area contributed by atoms with Crippen molar-refractivity contribution in [2.45, 2.75) is 32.2 Å². The van der Waals surface area contributed by atoms with E-state index in [9.17, 15) is 4.79 Å². The fourth-order valence-electron chi connectivity index (χ4n) is 3.65. The predicted octanol–water partition coefficient (Wildman–Crippen LogP) is 2.49. The fraction of sp³-hybridized carbons (Fsp3) is 0.444. The second-order valence-corrected chi connectivity index (χ2v) is 6.62. The number of aryl methyl sites for hydroxylation is 2. The van der Waals surface area contributed by atoms with Crippen LogP contribution in [-0.2, 0) is 4.74 Å². The van der Waals surface area contributed by atoms with Gasteiger partial charge in [-0.15, -0.1) is 0 Å². The van der Waals surface area contributed by atoms with Crippen molar-refractivity contribution in [1.29, 1.82) is 0 Å². The Balaban J connectivity index is 1.56. The molecule has 2 aliphatic rings. The summed E-state index contributed by atoms with van der Waals surface area (Å²) in [5.74, 6) is 0.113. The molecule has 3 heterocycles. The van der Waals surface area contributed by atoms with Crippen LogP contribution in [0.3, 0.4) is 0 Å². The van der Waals surface area contributed by atoms with E-state index in [2.05, 4.69) is 5.10 Å². The molecular weight excluding hydrogens is 290 g/mol. The van der Waals surface area contributed by atoms with Gasteiger partial charge in [0.05, 0.1) is 23.5 Å². The van der Waals surface area contributed by atoms with Gasteiger partial charge < -0.3 is 9.64 Å². The molecule has 0 bridgehead atoms. The first kappa shape index (κ1) is 14.5. The number of carbonyl (C=O) groups is 1. The zero-order valence-electron chi connectivity index (χ0n) is 13.6. The van der Waals surface area contributed by atoms with Gasteiger partial charge in [-0.25, -0.2) is 4.68 Å². The van der Waals surface area contributed by atoms with Crippen LogP contribution in [0.1, 0.15) is 34.6 Å². The Kier molecular flexibility index (Phi) is 3.27.